The van der Waals surface area contributed by atoms with Gasteiger partial charge in [0.2, 0.25) is 5.91 Å². The van der Waals surface area contributed by atoms with Crippen molar-refractivity contribution in [3.8, 4) is 0 Å². The molecule has 0 unspecified atom stereocenters. The molecule has 2 N–H and O–H groups in total. The first-order valence-corrected chi connectivity index (χ1v) is 8.13. The number of rotatable bonds is 4. The summed E-state index contributed by atoms with van der Waals surface area (Å²) >= 11 is 0. The lowest BCUT2D eigenvalue weighted by Crippen LogP contribution is -2.46. The Morgan fingerprint density at radius 2 is 2.08 bits per heavy atom. The molecule has 2 aliphatic rings. The Bertz CT molecular complexity index is 676. The van der Waals surface area contributed by atoms with Gasteiger partial charge < -0.3 is 10.4 Å². The van der Waals surface area contributed by atoms with Crippen LogP contribution in [0.25, 0.3) is 0 Å². The van der Waals surface area contributed by atoms with E-state index in [1.54, 1.807) is 11.9 Å². The molecule has 2 aliphatic heterocycles. The van der Waals surface area contributed by atoms with Crippen LogP contribution in [-0.2, 0) is 20.9 Å². The summed E-state index contributed by atoms with van der Waals surface area (Å²) in [7, 11) is 0. The van der Waals surface area contributed by atoms with Gasteiger partial charge in [-0.1, -0.05) is 31.2 Å². The van der Waals surface area contributed by atoms with E-state index >= 15 is 0 Å². The minimum atomic E-state index is -1.03. The highest BCUT2D eigenvalue weighted by Gasteiger charge is 2.38. The Morgan fingerprint density at radius 3 is 2.83 bits per heavy atom. The third kappa shape index (κ3) is 3.12. The number of carboxylic acids is 1. The highest BCUT2D eigenvalue weighted by molar-refractivity contribution is 5.91. The summed E-state index contributed by atoms with van der Waals surface area (Å²) in [4.78, 5) is 36.1. The van der Waals surface area contributed by atoms with E-state index in [0.717, 1.165) is 24.1 Å². The maximum Gasteiger partial charge on any atom is 0.304 e. The SMILES string of the molecule is C[C@H](CC(=O)O)C(=O)N[C@@H]1C(=O)N2CCCN2Cc2ccccc21. The van der Waals surface area contributed by atoms with Crippen LogP contribution in [0.15, 0.2) is 24.3 Å². The van der Waals surface area contributed by atoms with Crippen LogP contribution in [0, 0.1) is 5.92 Å². The number of aliphatic carboxylic acids is 1. The second-order valence-corrected chi connectivity index (χ2v) is 6.34. The molecule has 1 saturated heterocycles. The first-order valence-electron chi connectivity index (χ1n) is 8.13. The number of nitrogens with zero attached hydrogens (tertiary/aromatic N) is 2. The number of carbonyl (C=O) groups is 3. The number of hydrogen-bond acceptors (Lipinski definition) is 4. The standard InChI is InChI=1S/C17H21N3O4/c1-11(9-14(21)22)16(23)18-15-13-6-3-2-5-12(13)10-19-7-4-8-20(19)17(15)24/h2-3,5-6,11,15H,4,7-10H2,1H3,(H,18,23)(H,21,22)/t11-,15+/m1/s1. The van der Waals surface area contributed by atoms with Crippen LogP contribution in [0.4, 0.5) is 0 Å². The van der Waals surface area contributed by atoms with Crippen LogP contribution >= 0.6 is 0 Å². The summed E-state index contributed by atoms with van der Waals surface area (Å²) in [6, 6.07) is 6.81. The van der Waals surface area contributed by atoms with Crippen LogP contribution in [0.3, 0.4) is 0 Å². The van der Waals surface area contributed by atoms with E-state index in [2.05, 4.69) is 5.32 Å². The smallest absolute Gasteiger partial charge is 0.304 e. The van der Waals surface area contributed by atoms with Crippen molar-refractivity contribution >= 4 is 17.8 Å². The highest BCUT2D eigenvalue weighted by atomic mass is 16.4. The second kappa shape index (κ2) is 6.60. The molecule has 24 heavy (non-hydrogen) atoms. The topological polar surface area (TPSA) is 89.9 Å². The zero-order chi connectivity index (χ0) is 17.3. The van der Waals surface area contributed by atoms with E-state index in [4.69, 9.17) is 5.11 Å². The lowest BCUT2D eigenvalue weighted by molar-refractivity contribution is -0.148. The third-order valence-electron chi connectivity index (χ3n) is 4.56. The van der Waals surface area contributed by atoms with Crippen LogP contribution in [0.5, 0.6) is 0 Å². The van der Waals surface area contributed by atoms with Gasteiger partial charge in [0.05, 0.1) is 6.42 Å². The molecule has 3 rings (SSSR count). The van der Waals surface area contributed by atoms with Crippen molar-refractivity contribution in [3.05, 3.63) is 35.4 Å². The summed E-state index contributed by atoms with van der Waals surface area (Å²) in [5, 5.41) is 15.3. The zero-order valence-corrected chi connectivity index (χ0v) is 13.6. The predicted octanol–water partition coefficient (Wildman–Crippen LogP) is 0.918. The van der Waals surface area contributed by atoms with Gasteiger partial charge in [0, 0.05) is 25.6 Å². The summed E-state index contributed by atoms with van der Waals surface area (Å²) in [6.07, 6.45) is 0.647. The van der Waals surface area contributed by atoms with Crippen LogP contribution < -0.4 is 5.32 Å². The molecule has 7 heteroatoms. The Morgan fingerprint density at radius 1 is 1.33 bits per heavy atom. The lowest BCUT2D eigenvalue weighted by Gasteiger charge is -2.28. The van der Waals surface area contributed by atoms with Crippen LogP contribution in [-0.4, -0.2) is 46.0 Å². The fourth-order valence-electron chi connectivity index (χ4n) is 3.30. The van der Waals surface area contributed by atoms with E-state index in [1.807, 2.05) is 29.3 Å². The molecule has 1 aromatic rings. The fourth-order valence-corrected chi connectivity index (χ4v) is 3.30. The van der Waals surface area contributed by atoms with E-state index in [0.29, 0.717) is 13.1 Å². The monoisotopic (exact) mass is 331 g/mol. The molecule has 0 radical (unpaired) electrons. The van der Waals surface area contributed by atoms with Gasteiger partial charge in [-0.3, -0.25) is 19.4 Å². The van der Waals surface area contributed by atoms with Crippen molar-refractivity contribution < 1.29 is 19.5 Å². The van der Waals surface area contributed by atoms with Crippen molar-refractivity contribution in [2.75, 3.05) is 13.1 Å². The number of amides is 2. The molecular formula is C17H21N3O4. The molecule has 2 atom stereocenters. The largest absolute Gasteiger partial charge is 0.481 e. The van der Waals surface area contributed by atoms with Crippen molar-refractivity contribution in [1.29, 1.82) is 0 Å². The minimum Gasteiger partial charge on any atom is -0.481 e. The summed E-state index contributed by atoms with van der Waals surface area (Å²) in [5.41, 5.74) is 1.79. The molecular weight excluding hydrogens is 310 g/mol. The second-order valence-electron chi connectivity index (χ2n) is 6.34. The van der Waals surface area contributed by atoms with Gasteiger partial charge in [-0.25, -0.2) is 5.01 Å². The number of carboxylic acid groups (broad SMARTS) is 1. The maximum absolute atomic E-state index is 12.9. The summed E-state index contributed by atoms with van der Waals surface area (Å²) < 4.78 is 0. The molecule has 0 spiro atoms. The number of hydrazine groups is 1. The van der Waals surface area contributed by atoms with Gasteiger partial charge >= 0.3 is 5.97 Å². The predicted molar refractivity (Wildman–Crippen MR) is 85.5 cm³/mol. The van der Waals surface area contributed by atoms with Crippen LogP contribution in [0.2, 0.25) is 0 Å². The average Bonchev–Trinajstić information content (AvgIpc) is 2.96. The lowest BCUT2D eigenvalue weighted by atomic mass is 9.98. The van der Waals surface area contributed by atoms with Gasteiger partial charge in [0.15, 0.2) is 0 Å². The van der Waals surface area contributed by atoms with Crippen molar-refractivity contribution in [3.63, 3.8) is 0 Å². The average molecular weight is 331 g/mol. The third-order valence-corrected chi connectivity index (χ3v) is 4.56. The van der Waals surface area contributed by atoms with Gasteiger partial charge in [-0.2, -0.15) is 0 Å². The van der Waals surface area contributed by atoms with Gasteiger partial charge in [-0.15, -0.1) is 0 Å². The number of benzene rings is 1. The quantitative estimate of drug-likeness (QED) is 0.856. The van der Waals surface area contributed by atoms with E-state index < -0.39 is 23.8 Å². The number of carbonyl (C=O) groups excluding carboxylic acids is 2. The minimum absolute atomic E-state index is 0.159. The number of nitrogens with one attached hydrogen (secondary N) is 1. The van der Waals surface area contributed by atoms with E-state index in [1.165, 1.54) is 0 Å². The first-order chi connectivity index (χ1) is 11.5. The molecule has 0 saturated carbocycles. The highest BCUT2D eigenvalue weighted by Crippen LogP contribution is 2.29. The first kappa shape index (κ1) is 16.4. The fraction of sp³-hybridized carbons (Fsp3) is 0.471. The summed E-state index contributed by atoms with van der Waals surface area (Å²) in [5.74, 6) is -2.30. The normalized spacial score (nSPS) is 21.6. The molecule has 1 fully saturated rings. The van der Waals surface area contributed by atoms with Gasteiger partial charge in [-0.05, 0) is 17.5 Å². The molecule has 2 heterocycles. The maximum atomic E-state index is 12.9. The van der Waals surface area contributed by atoms with Gasteiger partial charge in [0.25, 0.3) is 5.91 Å². The molecule has 0 aliphatic carbocycles. The molecule has 1 aromatic carbocycles. The zero-order valence-electron chi connectivity index (χ0n) is 13.6. The van der Waals surface area contributed by atoms with E-state index in [9.17, 15) is 14.4 Å². The molecule has 128 valence electrons. The van der Waals surface area contributed by atoms with Crippen molar-refractivity contribution in [1.82, 2.24) is 15.3 Å². The van der Waals surface area contributed by atoms with E-state index in [-0.39, 0.29) is 12.3 Å². The van der Waals surface area contributed by atoms with Crippen LogP contribution in [0.1, 0.15) is 36.9 Å². The Kier molecular flexibility index (Phi) is 4.53. The van der Waals surface area contributed by atoms with Crippen molar-refractivity contribution in [2.24, 2.45) is 5.92 Å². The number of fused-ring (bicyclic) bond motifs is 2. The Balaban J connectivity index is 1.88. The molecule has 0 bridgehead atoms. The molecule has 2 amide bonds. The Hall–Kier alpha value is -2.41. The Labute approximate surface area is 140 Å². The number of hydrogen-bond donors (Lipinski definition) is 2. The van der Waals surface area contributed by atoms with Gasteiger partial charge in [0.1, 0.15) is 6.04 Å². The molecule has 0 aromatic heterocycles. The summed E-state index contributed by atoms with van der Waals surface area (Å²) in [6.45, 7) is 3.65. The van der Waals surface area contributed by atoms with Crippen molar-refractivity contribution in [2.45, 2.75) is 32.4 Å². The molecule has 7 nitrogen and oxygen atoms in total.